The van der Waals surface area contributed by atoms with Crippen LogP contribution in [0.5, 0.6) is 0 Å². The Morgan fingerprint density at radius 1 is 1.05 bits per heavy atom. The molecule has 1 aromatic heterocycles. The third-order valence-corrected chi connectivity index (χ3v) is 8.12. The summed E-state index contributed by atoms with van der Waals surface area (Å²) >= 11 is 0. The minimum absolute atomic E-state index is 0.0690. The number of amides is 1. The molecular weight excluding hydrogens is 541 g/mol. The van der Waals surface area contributed by atoms with Gasteiger partial charge < -0.3 is 15.1 Å². The highest BCUT2D eigenvalue weighted by atomic mass is 32.2. The van der Waals surface area contributed by atoms with E-state index in [1.165, 1.54) is 35.9 Å². The number of nitrogens with zero attached hydrogens (tertiary/aromatic N) is 3. The van der Waals surface area contributed by atoms with E-state index in [1.54, 1.807) is 13.1 Å². The van der Waals surface area contributed by atoms with Crippen LogP contribution in [-0.2, 0) is 22.6 Å². The molecule has 1 aromatic carbocycles. The van der Waals surface area contributed by atoms with E-state index in [4.69, 9.17) is 0 Å². The Kier molecular flexibility index (Phi) is 10.8. The number of carbonyl (C=O) groups is 1. The van der Waals surface area contributed by atoms with Crippen LogP contribution in [0.15, 0.2) is 52.2 Å². The second kappa shape index (κ2) is 13.8. The molecule has 1 N–H and O–H groups in total. The maximum Gasteiger partial charge on any atom is 0.254 e. The molecule has 0 spiro atoms. The molecule has 40 heavy (non-hydrogen) atoms. The second-order valence-corrected chi connectivity index (χ2v) is 11.3. The Bertz CT molecular complexity index is 1380. The minimum Gasteiger partial charge on any atom is -0.375 e. The molecule has 3 rings (SSSR count). The monoisotopic (exact) mass is 578 g/mol. The van der Waals surface area contributed by atoms with Crippen molar-refractivity contribution in [1.82, 2.24) is 9.47 Å². The topological polar surface area (TPSA) is 74.7 Å². The average molecular weight is 579 g/mol. The van der Waals surface area contributed by atoms with Crippen molar-refractivity contribution in [3.63, 3.8) is 0 Å². The van der Waals surface area contributed by atoms with Gasteiger partial charge in [0.25, 0.3) is 5.56 Å². The first kappa shape index (κ1) is 31.2. The molecule has 0 radical (unpaired) electrons. The fraction of sp³-hybridized carbons (Fsp3) is 0.448. The number of piperazine rings is 1. The third-order valence-electron chi connectivity index (χ3n) is 7.16. The van der Waals surface area contributed by atoms with Gasteiger partial charge in [-0.25, -0.2) is 13.2 Å². The number of aryl methyl sites for hydroxylation is 1. The zero-order chi connectivity index (χ0) is 29.6. The number of anilines is 2. The SMILES string of the molecule is CCC(C)C(=O)N1CCN(c2ccc([C@@H](CF)Nc3ccc(F)cc3S(C)=O)cc(F)cc(C)c(=O)n2C)CC1. The normalized spacial score (nSPS) is 15.7. The summed E-state index contributed by atoms with van der Waals surface area (Å²) in [7, 11) is 0.0290. The molecule has 2 heterocycles. The number of nitrogens with one attached hydrogen (secondary N) is 1. The number of halogens is 3. The Hall–Kier alpha value is -3.34. The molecule has 1 fully saturated rings. The molecule has 0 bridgehead atoms. The molecule has 0 saturated carbocycles. The molecule has 0 aliphatic carbocycles. The fourth-order valence-electron chi connectivity index (χ4n) is 4.60. The Morgan fingerprint density at radius 3 is 2.33 bits per heavy atom. The lowest BCUT2D eigenvalue weighted by molar-refractivity contribution is -0.135. The van der Waals surface area contributed by atoms with Crippen molar-refractivity contribution < 1.29 is 22.2 Å². The summed E-state index contributed by atoms with van der Waals surface area (Å²) in [5.41, 5.74) is 0.251. The van der Waals surface area contributed by atoms with Crippen LogP contribution in [0.25, 0.3) is 0 Å². The van der Waals surface area contributed by atoms with Crippen molar-refractivity contribution in [2.75, 3.05) is 49.3 Å². The molecule has 1 saturated heterocycles. The number of aromatic nitrogens is 1. The van der Waals surface area contributed by atoms with Gasteiger partial charge in [-0.1, -0.05) is 19.9 Å². The summed E-state index contributed by atoms with van der Waals surface area (Å²) < 4.78 is 56.7. The molecule has 1 amide bonds. The lowest BCUT2D eigenvalue weighted by Crippen LogP contribution is -2.51. The molecule has 2 unspecified atom stereocenters. The summed E-state index contributed by atoms with van der Waals surface area (Å²) in [6, 6.07) is 8.00. The lowest BCUT2D eigenvalue weighted by atomic mass is 10.1. The summed E-state index contributed by atoms with van der Waals surface area (Å²) in [6.45, 7) is 6.36. The summed E-state index contributed by atoms with van der Waals surface area (Å²) in [5, 5.41) is 2.94. The van der Waals surface area contributed by atoms with E-state index in [-0.39, 0.29) is 33.5 Å². The average Bonchev–Trinajstić information content (AvgIpc) is 2.94. The first-order valence-corrected chi connectivity index (χ1v) is 14.8. The highest BCUT2D eigenvalue weighted by Gasteiger charge is 2.25. The molecule has 218 valence electrons. The molecule has 1 aliphatic heterocycles. The number of carbonyl (C=O) groups excluding carboxylic acids is 1. The van der Waals surface area contributed by atoms with Gasteiger partial charge in [-0.05, 0) is 55.3 Å². The number of hydrogen-bond donors (Lipinski definition) is 1. The summed E-state index contributed by atoms with van der Waals surface area (Å²) in [4.78, 5) is 29.7. The van der Waals surface area contributed by atoms with Gasteiger partial charge in [-0.2, -0.15) is 0 Å². The molecule has 1 aliphatic rings. The standard InChI is InChI=1S/C29H37F3N4O3S/c1-6-19(2)29(38)36-13-11-35(12-14-36)27-10-7-21(16-23(32)15-20(3)28(37)34(27)4)25(18-30)33-24-9-8-22(31)17-26(24)40(5)39/h7-10,15-17,19,25,33H,6,11-14,18H2,1-5H3/t19?,25-,40?/m1/s1. The van der Waals surface area contributed by atoms with Gasteiger partial charge in [-0.15, -0.1) is 0 Å². The van der Waals surface area contributed by atoms with Crippen molar-refractivity contribution in [2.45, 2.75) is 38.1 Å². The van der Waals surface area contributed by atoms with E-state index in [0.717, 1.165) is 24.6 Å². The van der Waals surface area contributed by atoms with Crippen LogP contribution in [0.3, 0.4) is 0 Å². The van der Waals surface area contributed by atoms with Gasteiger partial charge in [-0.3, -0.25) is 18.4 Å². The molecular formula is C29H37F3N4O3S. The number of hydrogen-bond acceptors (Lipinski definition) is 5. The Morgan fingerprint density at radius 2 is 1.73 bits per heavy atom. The van der Waals surface area contributed by atoms with Gasteiger partial charge >= 0.3 is 0 Å². The lowest BCUT2D eigenvalue weighted by Gasteiger charge is -2.37. The smallest absolute Gasteiger partial charge is 0.254 e. The largest absolute Gasteiger partial charge is 0.375 e. The first-order chi connectivity index (χ1) is 19.0. The quantitative estimate of drug-likeness (QED) is 0.494. The predicted molar refractivity (Wildman–Crippen MR) is 153 cm³/mol. The van der Waals surface area contributed by atoms with Crippen molar-refractivity contribution in [1.29, 1.82) is 0 Å². The molecule has 7 nitrogen and oxygen atoms in total. The summed E-state index contributed by atoms with van der Waals surface area (Å²) in [5.74, 6) is -0.767. The van der Waals surface area contributed by atoms with E-state index >= 15 is 0 Å². The van der Waals surface area contributed by atoms with Gasteiger partial charge in [0.1, 0.15) is 24.1 Å². The molecule has 11 heteroatoms. The molecule has 2 aromatic rings. The van der Waals surface area contributed by atoms with Crippen LogP contribution in [0, 0.1) is 24.5 Å². The van der Waals surface area contributed by atoms with E-state index in [9.17, 15) is 27.0 Å². The van der Waals surface area contributed by atoms with Gasteiger partial charge in [0.15, 0.2) is 0 Å². The second-order valence-electron chi connectivity index (χ2n) is 9.98. The van der Waals surface area contributed by atoms with Crippen LogP contribution >= 0.6 is 0 Å². The van der Waals surface area contributed by atoms with Crippen LogP contribution in [0.1, 0.15) is 37.4 Å². The number of alkyl halides is 1. The van der Waals surface area contributed by atoms with Crippen molar-refractivity contribution in [3.05, 3.63) is 75.6 Å². The van der Waals surface area contributed by atoms with Crippen LogP contribution < -0.4 is 15.8 Å². The minimum atomic E-state index is -1.56. The number of benzene rings is 1. The van der Waals surface area contributed by atoms with E-state index < -0.39 is 40.7 Å². The highest BCUT2D eigenvalue weighted by Crippen LogP contribution is 2.27. The van der Waals surface area contributed by atoms with Crippen molar-refractivity contribution in [2.24, 2.45) is 13.0 Å². The maximum atomic E-state index is 15.0. The third kappa shape index (κ3) is 7.44. The first-order valence-electron chi connectivity index (χ1n) is 13.2. The van der Waals surface area contributed by atoms with E-state index in [2.05, 4.69) is 5.32 Å². The fourth-order valence-corrected chi connectivity index (χ4v) is 5.31. The van der Waals surface area contributed by atoms with Gasteiger partial charge in [0, 0.05) is 51.0 Å². The molecule has 3 atom stereocenters. The zero-order valence-corrected chi connectivity index (χ0v) is 24.4. The van der Waals surface area contributed by atoms with E-state index in [1.807, 2.05) is 23.6 Å². The predicted octanol–water partition coefficient (Wildman–Crippen LogP) is 4.65. The van der Waals surface area contributed by atoms with Crippen LogP contribution in [-0.4, -0.2) is 58.7 Å². The summed E-state index contributed by atoms with van der Waals surface area (Å²) in [6.07, 6.45) is 2.14. The van der Waals surface area contributed by atoms with Crippen LogP contribution in [0.2, 0.25) is 0 Å². The van der Waals surface area contributed by atoms with Gasteiger partial charge in [0.2, 0.25) is 5.91 Å². The highest BCUT2D eigenvalue weighted by molar-refractivity contribution is 7.84. The van der Waals surface area contributed by atoms with Crippen molar-refractivity contribution >= 4 is 28.2 Å². The van der Waals surface area contributed by atoms with Gasteiger partial charge in [0.05, 0.1) is 27.4 Å². The van der Waals surface area contributed by atoms with E-state index in [0.29, 0.717) is 32.0 Å². The van der Waals surface area contributed by atoms with Crippen LogP contribution in [0.4, 0.5) is 24.7 Å². The Balaban J connectivity index is 2.06. The zero-order valence-electron chi connectivity index (χ0n) is 23.5. The maximum absolute atomic E-state index is 15.0. The Labute approximate surface area is 235 Å². The number of rotatable bonds is 8. The van der Waals surface area contributed by atoms with Crippen molar-refractivity contribution in [3.8, 4) is 0 Å².